The Bertz CT molecular complexity index is 1470. The van der Waals surface area contributed by atoms with Crippen LogP contribution in [-0.4, -0.2) is 17.9 Å². The Morgan fingerprint density at radius 3 is 2.61 bits per heavy atom. The summed E-state index contributed by atoms with van der Waals surface area (Å²) in [5.41, 5.74) is 3.53. The quantitative estimate of drug-likeness (QED) is 0.197. The van der Waals surface area contributed by atoms with Gasteiger partial charge in [-0.25, -0.2) is 4.99 Å². The average Bonchev–Trinajstić information content (AvgIpc) is 3.65. The number of ketones is 1. The first-order valence-corrected chi connectivity index (χ1v) is 13.7. The lowest BCUT2D eigenvalue weighted by Gasteiger charge is -2.33. The minimum Gasteiger partial charge on any atom is -0.467 e. The Morgan fingerprint density at radius 2 is 1.92 bits per heavy atom. The molecule has 0 fully saturated rings. The van der Waals surface area contributed by atoms with Crippen molar-refractivity contribution in [2.24, 2.45) is 16.3 Å². The van der Waals surface area contributed by atoms with E-state index >= 15 is 0 Å². The summed E-state index contributed by atoms with van der Waals surface area (Å²) in [6.07, 6.45) is 6.16. The van der Waals surface area contributed by atoms with Crippen LogP contribution in [0.15, 0.2) is 68.6 Å². The van der Waals surface area contributed by atoms with Crippen molar-refractivity contribution in [3.8, 4) is 11.3 Å². The highest BCUT2D eigenvalue weighted by molar-refractivity contribution is 7.16. The standard InChI is InChI=1S/C31H32N2O4S/c1-19(34)20-7-9-21(10-8-20)26-14-12-24(37-26)18-33-30-28(29(35)32-17-23-6-5-15-36-23)25-13-11-22(31(2,3)4)16-27(25)38-30/h5-10,12,14-15,18,22H,11,13,16-17H2,1-4H3,(H,32,35)/t22-/m0/s1. The predicted molar refractivity (Wildman–Crippen MR) is 151 cm³/mol. The number of Topliss-reactive ketones (excluding diaryl/α,β-unsaturated/α-hetero) is 1. The highest BCUT2D eigenvalue weighted by Gasteiger charge is 2.33. The zero-order valence-corrected chi connectivity index (χ0v) is 23.0. The van der Waals surface area contributed by atoms with Gasteiger partial charge >= 0.3 is 0 Å². The highest BCUT2D eigenvalue weighted by Crippen LogP contribution is 2.45. The SMILES string of the molecule is CC(=O)c1ccc(-c2ccc(C=Nc3sc4c(c3C(=O)NCc3ccco3)CC[C@H](C(C)(C)C)C4)o2)cc1. The van der Waals surface area contributed by atoms with Crippen molar-refractivity contribution >= 4 is 34.2 Å². The van der Waals surface area contributed by atoms with E-state index in [0.29, 0.717) is 45.9 Å². The van der Waals surface area contributed by atoms with Crippen molar-refractivity contribution in [3.63, 3.8) is 0 Å². The summed E-state index contributed by atoms with van der Waals surface area (Å²) in [5.74, 6) is 2.45. The van der Waals surface area contributed by atoms with Gasteiger partial charge in [0, 0.05) is 16.0 Å². The molecule has 4 aromatic rings. The fourth-order valence-corrected chi connectivity index (χ4v) is 6.14. The first kappa shape index (κ1) is 25.9. The largest absolute Gasteiger partial charge is 0.467 e. The molecule has 0 spiro atoms. The average molecular weight is 529 g/mol. The second kappa shape index (κ2) is 10.6. The van der Waals surface area contributed by atoms with Gasteiger partial charge in [-0.1, -0.05) is 45.0 Å². The summed E-state index contributed by atoms with van der Waals surface area (Å²) < 4.78 is 11.4. The van der Waals surface area contributed by atoms with Crippen LogP contribution in [0, 0.1) is 11.3 Å². The van der Waals surface area contributed by atoms with Crippen LogP contribution in [0.25, 0.3) is 11.3 Å². The first-order chi connectivity index (χ1) is 18.2. The van der Waals surface area contributed by atoms with E-state index in [0.717, 1.165) is 30.4 Å². The molecule has 0 radical (unpaired) electrons. The molecule has 0 unspecified atom stereocenters. The molecule has 0 aliphatic heterocycles. The van der Waals surface area contributed by atoms with Crippen molar-refractivity contribution in [2.45, 2.75) is 53.5 Å². The maximum Gasteiger partial charge on any atom is 0.255 e. The second-order valence-corrected chi connectivity index (χ2v) is 11.9. The fraction of sp³-hybridized carbons (Fsp3) is 0.323. The number of aliphatic imine (C=N–C) groups is 1. The van der Waals surface area contributed by atoms with Gasteiger partial charge in [0.15, 0.2) is 5.78 Å². The molecule has 3 heterocycles. The van der Waals surface area contributed by atoms with E-state index in [4.69, 9.17) is 13.8 Å². The Labute approximate surface area is 226 Å². The molecule has 1 N–H and O–H groups in total. The van der Waals surface area contributed by atoms with Crippen molar-refractivity contribution in [2.75, 3.05) is 0 Å². The molecule has 1 aliphatic carbocycles. The molecule has 6 nitrogen and oxygen atoms in total. The molecule has 196 valence electrons. The number of hydrogen-bond donors (Lipinski definition) is 1. The van der Waals surface area contributed by atoms with Gasteiger partial charge in [0.05, 0.1) is 24.6 Å². The third kappa shape index (κ3) is 5.58. The number of carbonyl (C=O) groups excluding carboxylic acids is 2. The van der Waals surface area contributed by atoms with E-state index in [2.05, 4.69) is 26.1 Å². The van der Waals surface area contributed by atoms with Crippen molar-refractivity contribution in [3.05, 3.63) is 87.9 Å². The minimum atomic E-state index is -0.133. The molecule has 38 heavy (non-hydrogen) atoms. The number of nitrogens with one attached hydrogen (secondary N) is 1. The van der Waals surface area contributed by atoms with Gasteiger partial charge in [-0.15, -0.1) is 11.3 Å². The molecule has 0 saturated heterocycles. The normalized spacial score (nSPS) is 15.5. The van der Waals surface area contributed by atoms with Crippen molar-refractivity contribution < 1.29 is 18.4 Å². The van der Waals surface area contributed by atoms with Crippen molar-refractivity contribution in [1.29, 1.82) is 0 Å². The highest BCUT2D eigenvalue weighted by atomic mass is 32.1. The molecule has 3 aromatic heterocycles. The van der Waals surface area contributed by atoms with Gasteiger partial charge in [-0.2, -0.15) is 0 Å². The zero-order valence-electron chi connectivity index (χ0n) is 22.2. The molecule has 1 aliphatic rings. The predicted octanol–water partition coefficient (Wildman–Crippen LogP) is 7.64. The lowest BCUT2D eigenvalue weighted by molar-refractivity contribution is 0.0946. The van der Waals surface area contributed by atoms with Crippen LogP contribution in [0.4, 0.5) is 5.00 Å². The van der Waals surface area contributed by atoms with E-state index in [-0.39, 0.29) is 17.1 Å². The number of carbonyl (C=O) groups is 2. The van der Waals surface area contributed by atoms with Crippen LogP contribution in [0.2, 0.25) is 0 Å². The lowest BCUT2D eigenvalue weighted by Crippen LogP contribution is -2.28. The third-order valence-corrected chi connectivity index (χ3v) is 8.38. The van der Waals surface area contributed by atoms with Gasteiger partial charge in [0.2, 0.25) is 0 Å². The Hall–Kier alpha value is -3.71. The molecular weight excluding hydrogens is 496 g/mol. The molecule has 1 aromatic carbocycles. The Balaban J connectivity index is 1.41. The summed E-state index contributed by atoms with van der Waals surface area (Å²) in [7, 11) is 0. The monoisotopic (exact) mass is 528 g/mol. The smallest absolute Gasteiger partial charge is 0.255 e. The van der Waals surface area contributed by atoms with E-state index < -0.39 is 0 Å². The van der Waals surface area contributed by atoms with Crippen LogP contribution < -0.4 is 5.32 Å². The number of thiophene rings is 1. The maximum absolute atomic E-state index is 13.4. The van der Waals surface area contributed by atoms with Crippen LogP contribution in [0.1, 0.15) is 76.8 Å². The van der Waals surface area contributed by atoms with E-state index in [1.807, 2.05) is 36.4 Å². The van der Waals surface area contributed by atoms with E-state index in [9.17, 15) is 9.59 Å². The zero-order chi connectivity index (χ0) is 26.9. The molecular formula is C31H32N2O4S. The summed E-state index contributed by atoms with van der Waals surface area (Å²) in [6, 6.07) is 14.7. The number of benzene rings is 1. The van der Waals surface area contributed by atoms with Crippen LogP contribution in [0.3, 0.4) is 0 Å². The Morgan fingerprint density at radius 1 is 1.13 bits per heavy atom. The number of nitrogens with zero attached hydrogens (tertiary/aromatic N) is 1. The number of fused-ring (bicyclic) bond motifs is 1. The lowest BCUT2D eigenvalue weighted by atomic mass is 9.72. The molecule has 1 amide bonds. The summed E-state index contributed by atoms with van der Waals surface area (Å²) in [4.78, 5) is 30.9. The number of furan rings is 2. The van der Waals surface area contributed by atoms with Crippen LogP contribution >= 0.6 is 11.3 Å². The van der Waals surface area contributed by atoms with Gasteiger partial charge in [-0.05, 0) is 67.3 Å². The minimum absolute atomic E-state index is 0.0280. The number of amides is 1. The number of hydrogen-bond acceptors (Lipinski definition) is 6. The molecule has 0 saturated carbocycles. The van der Waals surface area contributed by atoms with Gasteiger partial charge in [0.1, 0.15) is 22.3 Å². The summed E-state index contributed by atoms with van der Waals surface area (Å²) >= 11 is 1.60. The van der Waals surface area contributed by atoms with E-state index in [1.54, 1.807) is 42.9 Å². The molecule has 5 rings (SSSR count). The second-order valence-electron chi connectivity index (χ2n) is 10.8. The summed E-state index contributed by atoms with van der Waals surface area (Å²) in [6.45, 7) is 8.74. The van der Waals surface area contributed by atoms with Gasteiger partial charge in [-0.3, -0.25) is 9.59 Å². The summed E-state index contributed by atoms with van der Waals surface area (Å²) in [5, 5.41) is 3.71. The fourth-order valence-electron chi connectivity index (χ4n) is 4.87. The van der Waals surface area contributed by atoms with Gasteiger partial charge < -0.3 is 14.2 Å². The third-order valence-electron chi connectivity index (χ3n) is 7.21. The van der Waals surface area contributed by atoms with E-state index in [1.165, 1.54) is 4.88 Å². The maximum atomic E-state index is 13.4. The number of rotatable bonds is 7. The van der Waals surface area contributed by atoms with Crippen LogP contribution in [0.5, 0.6) is 0 Å². The Kier molecular flexibility index (Phi) is 7.21. The molecule has 7 heteroatoms. The molecule has 0 bridgehead atoms. The van der Waals surface area contributed by atoms with Crippen LogP contribution in [-0.2, 0) is 19.4 Å². The molecule has 1 atom stereocenters. The topological polar surface area (TPSA) is 84.8 Å². The first-order valence-electron chi connectivity index (χ1n) is 12.9. The van der Waals surface area contributed by atoms with Gasteiger partial charge in [0.25, 0.3) is 5.91 Å². The van der Waals surface area contributed by atoms with Crippen molar-refractivity contribution in [1.82, 2.24) is 5.32 Å².